The predicted molar refractivity (Wildman–Crippen MR) is 118 cm³/mol. The van der Waals surface area contributed by atoms with Crippen LogP contribution in [0.4, 0.5) is 20.6 Å². The lowest BCUT2D eigenvalue weighted by atomic mass is 10.1. The van der Waals surface area contributed by atoms with Gasteiger partial charge in [-0.15, -0.1) is 5.92 Å². The summed E-state index contributed by atoms with van der Waals surface area (Å²) in [5.41, 5.74) is 2.76. The zero-order valence-corrected chi connectivity index (χ0v) is 18.0. The van der Waals surface area contributed by atoms with Gasteiger partial charge in [0.1, 0.15) is 5.82 Å². The molecule has 0 spiro atoms. The predicted octanol–water partition coefficient (Wildman–Crippen LogP) is 4.53. The Balaban J connectivity index is 2.36. The molecule has 0 heterocycles. The number of anilines is 2. The summed E-state index contributed by atoms with van der Waals surface area (Å²) in [5.74, 6) is 5.23. The number of nitrogens with zero attached hydrogens (tertiary/aromatic N) is 1. The van der Waals surface area contributed by atoms with Gasteiger partial charge in [0.15, 0.2) is 0 Å². The van der Waals surface area contributed by atoms with Crippen LogP contribution in [0.25, 0.3) is 0 Å². The third-order valence-electron chi connectivity index (χ3n) is 4.34. The number of rotatable bonds is 9. The summed E-state index contributed by atoms with van der Waals surface area (Å²) in [7, 11) is 0. The Kier molecular flexibility index (Phi) is 9.37. The van der Waals surface area contributed by atoms with Crippen molar-refractivity contribution in [1.29, 1.82) is 0 Å². The van der Waals surface area contributed by atoms with Gasteiger partial charge in [-0.3, -0.25) is 10.1 Å². The van der Waals surface area contributed by atoms with Crippen LogP contribution in [0.5, 0.6) is 0 Å². The Labute approximate surface area is 182 Å². The van der Waals surface area contributed by atoms with E-state index in [0.717, 1.165) is 11.3 Å². The van der Waals surface area contributed by atoms with E-state index in [-0.39, 0.29) is 31.4 Å². The second-order valence-electron chi connectivity index (χ2n) is 6.58. The molecule has 2 rings (SSSR count). The van der Waals surface area contributed by atoms with E-state index in [1.165, 1.54) is 12.1 Å². The van der Waals surface area contributed by atoms with E-state index >= 15 is 0 Å². The maximum absolute atomic E-state index is 13.3. The van der Waals surface area contributed by atoms with Gasteiger partial charge in [0, 0.05) is 17.9 Å². The van der Waals surface area contributed by atoms with Crippen molar-refractivity contribution in [2.45, 2.75) is 33.7 Å². The lowest BCUT2D eigenvalue weighted by Crippen LogP contribution is -2.24. The van der Waals surface area contributed by atoms with Gasteiger partial charge in [-0.25, -0.2) is 9.18 Å². The zero-order chi connectivity index (χ0) is 22.6. The number of halogens is 1. The number of amides is 1. The minimum Gasteiger partial charge on any atom is -0.466 e. The molecule has 7 heteroatoms. The Morgan fingerprint density at radius 1 is 1.06 bits per heavy atom. The Morgan fingerprint density at radius 2 is 1.77 bits per heavy atom. The van der Waals surface area contributed by atoms with Gasteiger partial charge in [0.05, 0.1) is 26.2 Å². The van der Waals surface area contributed by atoms with Gasteiger partial charge in [-0.2, -0.15) is 0 Å². The minimum atomic E-state index is -0.608. The van der Waals surface area contributed by atoms with Crippen molar-refractivity contribution in [2.75, 3.05) is 30.0 Å². The van der Waals surface area contributed by atoms with Crippen molar-refractivity contribution in [3.05, 3.63) is 59.4 Å². The molecular formula is C24H27FN2O4. The molecule has 0 atom stereocenters. The van der Waals surface area contributed by atoms with Crippen LogP contribution >= 0.6 is 0 Å². The first-order valence-corrected chi connectivity index (χ1v) is 10.1. The SMILES string of the molecule is CC#CCN(Cc1ccc(F)cc1)c1ccc(CC(=O)OCC)c(NC(=O)OCC)c1. The maximum Gasteiger partial charge on any atom is 0.411 e. The monoisotopic (exact) mass is 426 g/mol. The highest BCUT2D eigenvalue weighted by Crippen LogP contribution is 2.26. The summed E-state index contributed by atoms with van der Waals surface area (Å²) < 4.78 is 23.3. The van der Waals surface area contributed by atoms with Crippen LogP contribution in [0.1, 0.15) is 31.9 Å². The van der Waals surface area contributed by atoms with E-state index in [2.05, 4.69) is 17.2 Å². The van der Waals surface area contributed by atoms with Crippen LogP contribution in [-0.2, 0) is 27.2 Å². The van der Waals surface area contributed by atoms with Crippen LogP contribution in [-0.4, -0.2) is 31.8 Å². The number of hydrogen-bond donors (Lipinski definition) is 1. The number of benzene rings is 2. The number of nitrogens with one attached hydrogen (secondary N) is 1. The van der Waals surface area contributed by atoms with Crippen molar-refractivity contribution in [1.82, 2.24) is 0 Å². The summed E-state index contributed by atoms with van der Waals surface area (Å²) in [4.78, 5) is 26.0. The molecule has 0 aliphatic carbocycles. The lowest BCUT2D eigenvalue weighted by molar-refractivity contribution is -0.142. The highest BCUT2D eigenvalue weighted by atomic mass is 19.1. The number of carbonyl (C=O) groups excluding carboxylic acids is 2. The molecule has 1 amide bonds. The molecule has 0 aliphatic heterocycles. The number of esters is 1. The average molecular weight is 426 g/mol. The molecule has 0 fully saturated rings. The number of ether oxygens (including phenoxy) is 2. The zero-order valence-electron chi connectivity index (χ0n) is 18.0. The van der Waals surface area contributed by atoms with Crippen LogP contribution in [0.15, 0.2) is 42.5 Å². The Hall–Kier alpha value is -3.53. The van der Waals surface area contributed by atoms with Crippen molar-refractivity contribution in [3.8, 4) is 11.8 Å². The third-order valence-corrected chi connectivity index (χ3v) is 4.34. The van der Waals surface area contributed by atoms with Crippen LogP contribution in [0.2, 0.25) is 0 Å². The summed E-state index contributed by atoms with van der Waals surface area (Å²) in [6, 6.07) is 11.6. The van der Waals surface area contributed by atoms with Gasteiger partial charge in [-0.05, 0) is 56.2 Å². The smallest absolute Gasteiger partial charge is 0.411 e. The van der Waals surface area contributed by atoms with Gasteiger partial charge in [0.25, 0.3) is 0 Å². The first-order chi connectivity index (χ1) is 15.0. The second kappa shape index (κ2) is 12.2. The van der Waals surface area contributed by atoms with Crippen molar-refractivity contribution in [2.24, 2.45) is 0 Å². The van der Waals surface area contributed by atoms with Gasteiger partial charge < -0.3 is 14.4 Å². The highest BCUT2D eigenvalue weighted by molar-refractivity contribution is 5.88. The first kappa shape index (κ1) is 23.7. The molecule has 6 nitrogen and oxygen atoms in total. The largest absolute Gasteiger partial charge is 0.466 e. The normalized spacial score (nSPS) is 9.94. The molecule has 0 radical (unpaired) electrons. The third kappa shape index (κ3) is 7.67. The van der Waals surface area contributed by atoms with Gasteiger partial charge in [-0.1, -0.05) is 24.1 Å². The van der Waals surface area contributed by atoms with E-state index < -0.39 is 6.09 Å². The quantitative estimate of drug-likeness (QED) is 0.471. The highest BCUT2D eigenvalue weighted by Gasteiger charge is 2.15. The molecule has 164 valence electrons. The van der Waals surface area contributed by atoms with E-state index in [9.17, 15) is 14.0 Å². The van der Waals surface area contributed by atoms with Gasteiger partial charge in [0.2, 0.25) is 0 Å². The first-order valence-electron chi connectivity index (χ1n) is 10.1. The summed E-state index contributed by atoms with van der Waals surface area (Å²) in [6.07, 6.45) is -0.592. The minimum absolute atomic E-state index is 0.0165. The van der Waals surface area contributed by atoms with E-state index in [0.29, 0.717) is 24.3 Å². The van der Waals surface area contributed by atoms with Crippen molar-refractivity contribution in [3.63, 3.8) is 0 Å². The van der Waals surface area contributed by atoms with E-state index in [1.807, 2.05) is 11.0 Å². The van der Waals surface area contributed by atoms with E-state index in [4.69, 9.17) is 9.47 Å². The molecule has 0 saturated heterocycles. The molecular weight excluding hydrogens is 399 g/mol. The fraction of sp³-hybridized carbons (Fsp3) is 0.333. The molecule has 31 heavy (non-hydrogen) atoms. The van der Waals surface area contributed by atoms with Crippen molar-refractivity contribution >= 4 is 23.4 Å². The molecule has 2 aromatic carbocycles. The Bertz CT molecular complexity index is 948. The fourth-order valence-corrected chi connectivity index (χ4v) is 2.90. The summed E-state index contributed by atoms with van der Waals surface area (Å²) in [6.45, 7) is 6.63. The number of carbonyl (C=O) groups is 2. The molecule has 2 aromatic rings. The summed E-state index contributed by atoms with van der Waals surface area (Å²) in [5, 5.41) is 2.70. The molecule has 0 aromatic heterocycles. The van der Waals surface area contributed by atoms with Crippen LogP contribution in [0, 0.1) is 17.7 Å². The van der Waals surface area contributed by atoms with Crippen LogP contribution < -0.4 is 10.2 Å². The second-order valence-corrected chi connectivity index (χ2v) is 6.58. The molecule has 0 bridgehead atoms. The Morgan fingerprint density at radius 3 is 2.42 bits per heavy atom. The average Bonchev–Trinajstić information content (AvgIpc) is 2.74. The van der Waals surface area contributed by atoms with Crippen LogP contribution in [0.3, 0.4) is 0 Å². The fourth-order valence-electron chi connectivity index (χ4n) is 2.90. The van der Waals surface area contributed by atoms with Crippen molar-refractivity contribution < 1.29 is 23.5 Å². The molecule has 0 saturated carbocycles. The van der Waals surface area contributed by atoms with E-state index in [1.54, 1.807) is 45.0 Å². The topological polar surface area (TPSA) is 67.9 Å². The number of hydrogen-bond acceptors (Lipinski definition) is 5. The molecule has 1 N–H and O–H groups in total. The van der Waals surface area contributed by atoms with Gasteiger partial charge >= 0.3 is 12.1 Å². The summed E-state index contributed by atoms with van der Waals surface area (Å²) >= 11 is 0. The lowest BCUT2D eigenvalue weighted by Gasteiger charge is -2.24. The standard InChI is InChI=1S/C24H27FN2O4/c1-4-7-14-27(17-18-8-11-20(25)12-9-18)21-13-10-19(15-23(28)30-5-2)22(16-21)26-24(29)31-6-3/h8-13,16H,5-6,14-15,17H2,1-3H3,(H,26,29). The maximum atomic E-state index is 13.3. The molecule has 0 unspecified atom stereocenters. The molecule has 0 aliphatic rings.